The van der Waals surface area contributed by atoms with Crippen molar-refractivity contribution in [3.63, 3.8) is 0 Å². The van der Waals surface area contributed by atoms with E-state index in [1.807, 2.05) is 13.2 Å². The van der Waals surface area contributed by atoms with Crippen LogP contribution in [0.4, 0.5) is 5.82 Å². The predicted octanol–water partition coefficient (Wildman–Crippen LogP) is 2.84. The molecule has 0 fully saturated rings. The van der Waals surface area contributed by atoms with Crippen LogP contribution in [-0.2, 0) is 0 Å². The number of nitrogens with zero attached hydrogens (tertiary/aromatic N) is 2. The van der Waals surface area contributed by atoms with Crippen LogP contribution in [-0.4, -0.2) is 25.1 Å². The van der Waals surface area contributed by atoms with Crippen molar-refractivity contribution in [1.29, 1.82) is 0 Å². The standard InChI is InChI=1S/C14H25N3/c1-6-17(10-11(2)3)14-8-7-13(9-16-14)12(4)15-5/h7-9,11-12,15H,6,10H2,1-5H3. The first-order chi connectivity index (χ1) is 8.08. The predicted molar refractivity (Wildman–Crippen MR) is 74.4 cm³/mol. The van der Waals surface area contributed by atoms with Crippen LogP contribution in [0.1, 0.15) is 39.3 Å². The molecule has 1 aromatic rings. The fourth-order valence-electron chi connectivity index (χ4n) is 1.83. The minimum Gasteiger partial charge on any atom is -0.357 e. The summed E-state index contributed by atoms with van der Waals surface area (Å²) in [6, 6.07) is 4.64. The van der Waals surface area contributed by atoms with Gasteiger partial charge in [-0.1, -0.05) is 19.9 Å². The van der Waals surface area contributed by atoms with Gasteiger partial charge < -0.3 is 10.2 Å². The Morgan fingerprint density at radius 3 is 2.41 bits per heavy atom. The molecular formula is C14H25N3. The number of nitrogens with one attached hydrogen (secondary N) is 1. The molecule has 1 N–H and O–H groups in total. The molecule has 3 nitrogen and oxygen atoms in total. The minimum absolute atomic E-state index is 0.358. The SMILES string of the molecule is CCN(CC(C)C)c1ccc(C(C)NC)cn1. The van der Waals surface area contributed by atoms with Crippen molar-refractivity contribution in [3.8, 4) is 0 Å². The topological polar surface area (TPSA) is 28.2 Å². The molecule has 1 rings (SSSR count). The Balaban J connectivity index is 2.77. The molecular weight excluding hydrogens is 210 g/mol. The van der Waals surface area contributed by atoms with E-state index in [4.69, 9.17) is 0 Å². The number of aromatic nitrogens is 1. The second-order valence-corrected chi connectivity index (χ2v) is 4.89. The maximum absolute atomic E-state index is 4.56. The Kier molecular flexibility index (Phi) is 5.42. The van der Waals surface area contributed by atoms with Crippen molar-refractivity contribution >= 4 is 5.82 Å². The summed E-state index contributed by atoms with van der Waals surface area (Å²) in [5, 5.41) is 3.22. The zero-order valence-electron chi connectivity index (χ0n) is 11.7. The van der Waals surface area contributed by atoms with Gasteiger partial charge in [0.25, 0.3) is 0 Å². The van der Waals surface area contributed by atoms with Gasteiger partial charge in [0.05, 0.1) is 0 Å². The summed E-state index contributed by atoms with van der Waals surface area (Å²) in [5.41, 5.74) is 1.23. The summed E-state index contributed by atoms with van der Waals surface area (Å²) in [6.07, 6.45) is 1.97. The van der Waals surface area contributed by atoms with E-state index in [2.05, 4.69) is 55.0 Å². The van der Waals surface area contributed by atoms with Crippen molar-refractivity contribution in [1.82, 2.24) is 10.3 Å². The van der Waals surface area contributed by atoms with E-state index in [9.17, 15) is 0 Å². The lowest BCUT2D eigenvalue weighted by Gasteiger charge is -2.24. The third-order valence-electron chi connectivity index (χ3n) is 3.00. The Bertz CT molecular complexity index is 319. The quantitative estimate of drug-likeness (QED) is 0.822. The highest BCUT2D eigenvalue weighted by Gasteiger charge is 2.09. The summed E-state index contributed by atoms with van der Waals surface area (Å²) in [4.78, 5) is 6.88. The van der Waals surface area contributed by atoms with Crippen molar-refractivity contribution in [3.05, 3.63) is 23.9 Å². The molecule has 0 aromatic carbocycles. The van der Waals surface area contributed by atoms with Gasteiger partial charge in [-0.15, -0.1) is 0 Å². The molecule has 17 heavy (non-hydrogen) atoms. The highest BCUT2D eigenvalue weighted by molar-refractivity contribution is 5.39. The highest BCUT2D eigenvalue weighted by Crippen LogP contribution is 2.16. The maximum atomic E-state index is 4.56. The molecule has 0 bridgehead atoms. The van der Waals surface area contributed by atoms with Crippen molar-refractivity contribution in [2.24, 2.45) is 5.92 Å². The number of rotatable bonds is 6. The third-order valence-corrected chi connectivity index (χ3v) is 3.00. The van der Waals surface area contributed by atoms with Gasteiger partial charge in [-0.05, 0) is 38.4 Å². The number of hydrogen-bond donors (Lipinski definition) is 1. The van der Waals surface area contributed by atoms with Gasteiger partial charge in [-0.25, -0.2) is 4.98 Å². The lowest BCUT2D eigenvalue weighted by Crippen LogP contribution is -2.28. The zero-order chi connectivity index (χ0) is 12.8. The average Bonchev–Trinajstić information content (AvgIpc) is 2.35. The fourth-order valence-corrected chi connectivity index (χ4v) is 1.83. The second kappa shape index (κ2) is 6.60. The lowest BCUT2D eigenvalue weighted by molar-refractivity contribution is 0.612. The summed E-state index contributed by atoms with van der Waals surface area (Å²) in [6.45, 7) is 10.9. The number of pyridine rings is 1. The molecule has 0 aliphatic rings. The fraction of sp³-hybridized carbons (Fsp3) is 0.643. The summed E-state index contributed by atoms with van der Waals surface area (Å²) in [7, 11) is 1.97. The first-order valence-corrected chi connectivity index (χ1v) is 6.46. The highest BCUT2D eigenvalue weighted by atomic mass is 15.2. The van der Waals surface area contributed by atoms with Gasteiger partial charge in [0.1, 0.15) is 5.82 Å². The molecule has 0 saturated carbocycles. The van der Waals surface area contributed by atoms with Crippen LogP contribution in [0.25, 0.3) is 0 Å². The van der Waals surface area contributed by atoms with E-state index < -0.39 is 0 Å². The molecule has 0 radical (unpaired) electrons. The van der Waals surface area contributed by atoms with Crippen molar-refractivity contribution in [2.75, 3.05) is 25.0 Å². The Morgan fingerprint density at radius 1 is 1.29 bits per heavy atom. The molecule has 0 spiro atoms. The number of anilines is 1. The smallest absolute Gasteiger partial charge is 0.128 e. The largest absolute Gasteiger partial charge is 0.357 e. The zero-order valence-corrected chi connectivity index (χ0v) is 11.7. The molecule has 0 saturated heterocycles. The Labute approximate surface area is 105 Å². The van der Waals surface area contributed by atoms with E-state index >= 15 is 0 Å². The summed E-state index contributed by atoms with van der Waals surface area (Å²) < 4.78 is 0. The van der Waals surface area contributed by atoms with Crippen LogP contribution >= 0.6 is 0 Å². The molecule has 3 heteroatoms. The molecule has 96 valence electrons. The molecule has 1 heterocycles. The molecule has 1 unspecified atom stereocenters. The molecule has 1 aromatic heterocycles. The van der Waals surface area contributed by atoms with E-state index in [-0.39, 0.29) is 0 Å². The molecule has 0 aliphatic carbocycles. The van der Waals surface area contributed by atoms with Gasteiger partial charge in [0.2, 0.25) is 0 Å². The van der Waals surface area contributed by atoms with Crippen molar-refractivity contribution in [2.45, 2.75) is 33.7 Å². The first kappa shape index (κ1) is 14.0. The van der Waals surface area contributed by atoms with Gasteiger partial charge in [0.15, 0.2) is 0 Å². The van der Waals surface area contributed by atoms with Gasteiger partial charge in [-0.3, -0.25) is 0 Å². The first-order valence-electron chi connectivity index (χ1n) is 6.46. The Hall–Kier alpha value is -1.09. The van der Waals surface area contributed by atoms with Gasteiger partial charge >= 0.3 is 0 Å². The molecule has 1 atom stereocenters. The maximum Gasteiger partial charge on any atom is 0.128 e. The summed E-state index contributed by atoms with van der Waals surface area (Å²) >= 11 is 0. The molecule has 0 amide bonds. The van der Waals surface area contributed by atoms with Crippen LogP contribution in [0.5, 0.6) is 0 Å². The number of hydrogen-bond acceptors (Lipinski definition) is 3. The van der Waals surface area contributed by atoms with E-state index in [1.165, 1.54) is 5.56 Å². The second-order valence-electron chi connectivity index (χ2n) is 4.89. The summed E-state index contributed by atoms with van der Waals surface area (Å²) in [5.74, 6) is 1.74. The minimum atomic E-state index is 0.358. The van der Waals surface area contributed by atoms with E-state index in [1.54, 1.807) is 0 Å². The van der Waals surface area contributed by atoms with Crippen molar-refractivity contribution < 1.29 is 0 Å². The molecule has 0 aliphatic heterocycles. The monoisotopic (exact) mass is 235 g/mol. The van der Waals surface area contributed by atoms with Crippen LogP contribution in [0, 0.1) is 5.92 Å². The van der Waals surface area contributed by atoms with Crippen LogP contribution in [0.15, 0.2) is 18.3 Å². The van der Waals surface area contributed by atoms with Gasteiger partial charge in [0, 0.05) is 25.3 Å². The van der Waals surface area contributed by atoms with Crippen LogP contribution in [0.3, 0.4) is 0 Å². The Morgan fingerprint density at radius 2 is 2.00 bits per heavy atom. The lowest BCUT2D eigenvalue weighted by atomic mass is 10.1. The van der Waals surface area contributed by atoms with Crippen LogP contribution in [0.2, 0.25) is 0 Å². The van der Waals surface area contributed by atoms with E-state index in [0.29, 0.717) is 12.0 Å². The van der Waals surface area contributed by atoms with E-state index in [0.717, 1.165) is 18.9 Å². The van der Waals surface area contributed by atoms with Gasteiger partial charge in [-0.2, -0.15) is 0 Å². The average molecular weight is 235 g/mol. The normalized spacial score (nSPS) is 12.8. The van der Waals surface area contributed by atoms with Crippen LogP contribution < -0.4 is 10.2 Å². The third kappa shape index (κ3) is 4.00.